The lowest BCUT2D eigenvalue weighted by Crippen LogP contribution is -2.17. The smallest absolute Gasteiger partial charge is 0.329 e. The SMILES string of the molecule is O=[N+]1CC(O)[N+](=O)C1. The molecule has 1 heterocycles. The summed E-state index contributed by atoms with van der Waals surface area (Å²) in [5, 5.41) is 8.54. The molecule has 1 saturated heterocycles. The first-order chi connectivity index (χ1) is 3.70. The van der Waals surface area contributed by atoms with Gasteiger partial charge in [-0.05, 0) is 0 Å². The van der Waals surface area contributed by atoms with E-state index in [-0.39, 0.29) is 13.2 Å². The first-order valence-electron chi connectivity index (χ1n) is 2.24. The van der Waals surface area contributed by atoms with Crippen LogP contribution < -0.4 is 0 Å². The van der Waals surface area contributed by atoms with Crippen LogP contribution in [-0.2, 0) is 0 Å². The van der Waals surface area contributed by atoms with E-state index in [4.69, 9.17) is 5.11 Å². The summed E-state index contributed by atoms with van der Waals surface area (Å²) in [6.07, 6.45) is -1.12. The minimum Gasteiger partial charge on any atom is -0.329 e. The van der Waals surface area contributed by atoms with E-state index in [1.165, 1.54) is 0 Å². The number of rotatable bonds is 0. The number of β-amino-alcohol motifs (C(OH)–C–C–N with tert-alkyl or cyclic N) is 1. The molecule has 0 aliphatic carbocycles. The largest absolute Gasteiger partial charge is 0.426 e. The first kappa shape index (κ1) is 5.30. The van der Waals surface area contributed by atoms with Crippen LogP contribution in [0.3, 0.4) is 0 Å². The van der Waals surface area contributed by atoms with E-state index < -0.39 is 6.23 Å². The van der Waals surface area contributed by atoms with Crippen LogP contribution in [-0.4, -0.2) is 34.1 Å². The van der Waals surface area contributed by atoms with Crippen molar-refractivity contribution in [2.24, 2.45) is 0 Å². The van der Waals surface area contributed by atoms with Crippen LogP contribution in [0, 0.1) is 9.81 Å². The second-order valence-corrected chi connectivity index (χ2v) is 1.70. The summed E-state index contributed by atoms with van der Waals surface area (Å²) in [6, 6.07) is 0. The molecule has 1 unspecified atom stereocenters. The lowest BCUT2D eigenvalue weighted by atomic mass is 10.6. The maximum absolute atomic E-state index is 10.2. The quantitative estimate of drug-likeness (QED) is 0.408. The van der Waals surface area contributed by atoms with E-state index in [0.29, 0.717) is 9.52 Å². The second kappa shape index (κ2) is 1.59. The van der Waals surface area contributed by atoms with Crippen LogP contribution in [0.15, 0.2) is 0 Å². The predicted octanol–water partition coefficient (Wildman–Crippen LogP) is -1.17. The molecule has 0 spiro atoms. The van der Waals surface area contributed by atoms with Crippen molar-refractivity contribution >= 4 is 0 Å². The monoisotopic (exact) mass is 118 g/mol. The van der Waals surface area contributed by atoms with E-state index in [2.05, 4.69) is 0 Å². The highest BCUT2D eigenvalue weighted by Crippen LogP contribution is 1.95. The van der Waals surface area contributed by atoms with Gasteiger partial charge in [0.05, 0.1) is 4.76 Å². The normalized spacial score (nSPS) is 29.4. The van der Waals surface area contributed by atoms with E-state index in [0.717, 1.165) is 0 Å². The van der Waals surface area contributed by atoms with Crippen molar-refractivity contribution in [1.82, 2.24) is 0 Å². The van der Waals surface area contributed by atoms with Gasteiger partial charge in [0.2, 0.25) is 0 Å². The summed E-state index contributed by atoms with van der Waals surface area (Å²) in [5.41, 5.74) is 0. The molecule has 0 aromatic carbocycles. The summed E-state index contributed by atoms with van der Waals surface area (Å²) in [6.45, 7) is -0.329. The standard InChI is InChI=1S/C3H6N2O3/c6-3-1-4(7)2-5(3)8/h3,6H,1-2H2/q+2. The topological polar surface area (TPSA) is 60.4 Å². The van der Waals surface area contributed by atoms with Crippen molar-refractivity contribution in [3.05, 3.63) is 9.81 Å². The maximum Gasteiger partial charge on any atom is 0.426 e. The molecule has 0 amide bonds. The third-order valence-corrected chi connectivity index (χ3v) is 0.996. The Hall–Kier alpha value is -0.840. The van der Waals surface area contributed by atoms with E-state index in [1.807, 2.05) is 0 Å². The molecule has 1 N–H and O–H groups in total. The lowest BCUT2D eigenvalue weighted by molar-refractivity contribution is -0.693. The zero-order chi connectivity index (χ0) is 6.15. The Morgan fingerprint density at radius 3 is 2.25 bits per heavy atom. The van der Waals surface area contributed by atoms with E-state index in [1.54, 1.807) is 0 Å². The van der Waals surface area contributed by atoms with Gasteiger partial charge in [-0.15, -0.1) is 0 Å². The van der Waals surface area contributed by atoms with Crippen LogP contribution in [0.4, 0.5) is 0 Å². The number of hydrogen-bond donors (Lipinski definition) is 1. The fraction of sp³-hybridized carbons (Fsp3) is 1.00. The van der Waals surface area contributed by atoms with Crippen molar-refractivity contribution < 1.29 is 14.6 Å². The van der Waals surface area contributed by atoms with Gasteiger partial charge in [0.25, 0.3) is 6.54 Å². The minimum atomic E-state index is -1.12. The Kier molecular flexibility index (Phi) is 1.05. The highest BCUT2D eigenvalue weighted by molar-refractivity contribution is 4.33. The molecule has 5 heteroatoms. The summed E-state index contributed by atoms with van der Waals surface area (Å²) < 4.78 is 0.852. The summed E-state index contributed by atoms with van der Waals surface area (Å²) in [4.78, 5) is 20.4. The Bertz CT molecular complexity index is 143. The summed E-state index contributed by atoms with van der Waals surface area (Å²) in [5.74, 6) is 0. The molecule has 0 radical (unpaired) electrons. The minimum absolute atomic E-state index is 0.0938. The molecular weight excluding hydrogens is 112 g/mol. The molecule has 1 rings (SSSR count). The van der Waals surface area contributed by atoms with Gasteiger partial charge in [-0.3, -0.25) is 0 Å². The van der Waals surface area contributed by atoms with E-state index in [9.17, 15) is 9.81 Å². The zero-order valence-corrected chi connectivity index (χ0v) is 4.15. The molecule has 1 aliphatic heterocycles. The average Bonchev–Trinajstić information content (AvgIpc) is 1.85. The molecule has 1 aliphatic rings. The molecule has 44 valence electrons. The van der Waals surface area contributed by atoms with Crippen molar-refractivity contribution in [3.63, 3.8) is 0 Å². The average molecular weight is 118 g/mol. The van der Waals surface area contributed by atoms with Crippen molar-refractivity contribution in [2.45, 2.75) is 6.23 Å². The number of hydrogen-bond acceptors (Lipinski definition) is 3. The van der Waals surface area contributed by atoms with Gasteiger partial charge < -0.3 is 5.11 Å². The van der Waals surface area contributed by atoms with E-state index >= 15 is 0 Å². The number of nitroso groups, excluding NO2 is 2. The van der Waals surface area contributed by atoms with Crippen LogP contribution in [0.2, 0.25) is 0 Å². The number of aliphatic hydroxyl groups excluding tert-OH is 1. The fourth-order valence-corrected chi connectivity index (χ4v) is 0.581. The van der Waals surface area contributed by atoms with Gasteiger partial charge >= 0.3 is 12.9 Å². The van der Waals surface area contributed by atoms with Crippen LogP contribution in [0.1, 0.15) is 0 Å². The summed E-state index contributed by atoms with van der Waals surface area (Å²) in [7, 11) is 0. The molecular formula is C3H6N2O3+2. The zero-order valence-electron chi connectivity index (χ0n) is 4.15. The molecule has 8 heavy (non-hydrogen) atoms. The van der Waals surface area contributed by atoms with Gasteiger partial charge in [0.15, 0.2) is 0 Å². The van der Waals surface area contributed by atoms with Gasteiger partial charge in [0, 0.05) is 9.81 Å². The number of aliphatic hydroxyl groups is 1. The predicted molar refractivity (Wildman–Crippen MR) is 23.0 cm³/mol. The molecule has 1 fully saturated rings. The highest BCUT2D eigenvalue weighted by atomic mass is 16.4. The molecule has 0 bridgehead atoms. The molecule has 1 atom stereocenters. The summed E-state index contributed by atoms with van der Waals surface area (Å²) >= 11 is 0. The Morgan fingerprint density at radius 1 is 1.50 bits per heavy atom. The Morgan fingerprint density at radius 2 is 2.12 bits per heavy atom. The van der Waals surface area contributed by atoms with Gasteiger partial charge in [0.1, 0.15) is 4.76 Å². The molecule has 0 aromatic rings. The van der Waals surface area contributed by atoms with Gasteiger partial charge in [-0.25, -0.2) is 0 Å². The second-order valence-electron chi connectivity index (χ2n) is 1.70. The highest BCUT2D eigenvalue weighted by Gasteiger charge is 2.43. The van der Waals surface area contributed by atoms with Gasteiger partial charge in [-0.2, -0.15) is 0 Å². The molecule has 5 nitrogen and oxygen atoms in total. The van der Waals surface area contributed by atoms with Crippen molar-refractivity contribution in [2.75, 3.05) is 13.2 Å². The van der Waals surface area contributed by atoms with Crippen LogP contribution >= 0.6 is 0 Å². The van der Waals surface area contributed by atoms with Crippen molar-refractivity contribution in [1.29, 1.82) is 0 Å². The van der Waals surface area contributed by atoms with Crippen LogP contribution in [0.5, 0.6) is 0 Å². The molecule has 0 aromatic heterocycles. The maximum atomic E-state index is 10.2. The number of nitrogens with zero attached hydrogens (tertiary/aromatic N) is 2. The van der Waals surface area contributed by atoms with Crippen molar-refractivity contribution in [3.8, 4) is 0 Å². The Labute approximate surface area is 45.1 Å². The third kappa shape index (κ3) is 0.717. The Balaban J connectivity index is 2.64. The fourth-order valence-electron chi connectivity index (χ4n) is 0.581. The lowest BCUT2D eigenvalue weighted by Gasteiger charge is -1.74. The molecule has 0 saturated carbocycles. The first-order valence-corrected chi connectivity index (χ1v) is 2.24. The third-order valence-electron chi connectivity index (χ3n) is 0.996. The van der Waals surface area contributed by atoms with Crippen LogP contribution in [0.25, 0.3) is 0 Å². The van der Waals surface area contributed by atoms with Gasteiger partial charge in [-0.1, -0.05) is 0 Å².